The highest BCUT2D eigenvalue weighted by atomic mass is 16.5. The summed E-state index contributed by atoms with van der Waals surface area (Å²) in [5, 5.41) is 3.25. The number of anilines is 2. The maximum absolute atomic E-state index is 13.7. The van der Waals surface area contributed by atoms with Gasteiger partial charge in [-0.05, 0) is 86.7 Å². The molecule has 0 radical (unpaired) electrons. The molecule has 5 nitrogen and oxygen atoms in total. The number of nitrogens with zero attached hydrogens (tertiary/aromatic N) is 1. The van der Waals surface area contributed by atoms with Crippen LogP contribution in [0.15, 0.2) is 66.4 Å². The predicted octanol–water partition coefficient (Wildman–Crippen LogP) is 5.72. The van der Waals surface area contributed by atoms with Gasteiger partial charge in [0.15, 0.2) is 0 Å². The number of rotatable bonds is 6. The molecule has 0 aromatic heterocycles. The summed E-state index contributed by atoms with van der Waals surface area (Å²) in [5.74, 6) is -0.137. The van der Waals surface area contributed by atoms with Crippen LogP contribution in [-0.4, -0.2) is 18.4 Å². The molecule has 33 heavy (non-hydrogen) atoms. The summed E-state index contributed by atoms with van der Waals surface area (Å²) in [6.07, 6.45) is 0. The van der Waals surface area contributed by atoms with E-state index in [9.17, 15) is 9.59 Å². The fourth-order valence-corrected chi connectivity index (χ4v) is 3.89. The van der Waals surface area contributed by atoms with Crippen LogP contribution >= 0.6 is 0 Å². The van der Waals surface area contributed by atoms with E-state index in [1.54, 1.807) is 18.2 Å². The summed E-state index contributed by atoms with van der Waals surface area (Å²) in [7, 11) is 0. The third-order valence-corrected chi connectivity index (χ3v) is 6.04. The molecular weight excluding hydrogens is 412 g/mol. The summed E-state index contributed by atoms with van der Waals surface area (Å²) in [4.78, 5) is 28.5. The van der Waals surface area contributed by atoms with Crippen LogP contribution in [0, 0.1) is 27.7 Å². The largest absolute Gasteiger partial charge is 0.494 e. The Morgan fingerprint density at radius 3 is 2.15 bits per heavy atom. The summed E-state index contributed by atoms with van der Waals surface area (Å²) >= 11 is 0. The van der Waals surface area contributed by atoms with Crippen LogP contribution in [-0.2, 0) is 9.59 Å². The summed E-state index contributed by atoms with van der Waals surface area (Å²) < 4.78 is 5.59. The Morgan fingerprint density at radius 1 is 0.788 bits per heavy atom. The molecule has 168 valence electrons. The average Bonchev–Trinajstić information content (AvgIpc) is 3.02. The maximum Gasteiger partial charge on any atom is 0.282 e. The molecular formula is C28H28N2O3. The van der Waals surface area contributed by atoms with Gasteiger partial charge in [0.05, 0.1) is 17.9 Å². The van der Waals surface area contributed by atoms with Crippen molar-refractivity contribution in [2.45, 2.75) is 34.6 Å². The SMILES string of the molecule is CCOc1cccc(N2C(=O)C(Nc3ccc(C)c(C)c3)=C(c3ccc(C)c(C)c3)C2=O)c1. The Kier molecular flexibility index (Phi) is 6.05. The molecule has 1 aliphatic rings. The molecule has 1 N–H and O–H groups in total. The molecule has 0 atom stereocenters. The van der Waals surface area contributed by atoms with Crippen molar-refractivity contribution in [3.05, 3.63) is 94.2 Å². The molecule has 0 aliphatic carbocycles. The second-order valence-corrected chi connectivity index (χ2v) is 8.35. The Labute approximate surface area is 194 Å². The normalized spacial score (nSPS) is 13.7. The minimum Gasteiger partial charge on any atom is -0.494 e. The maximum atomic E-state index is 13.7. The molecule has 5 heteroatoms. The van der Waals surface area contributed by atoms with Gasteiger partial charge in [-0.2, -0.15) is 0 Å². The van der Waals surface area contributed by atoms with E-state index in [0.29, 0.717) is 29.2 Å². The van der Waals surface area contributed by atoms with E-state index in [1.165, 1.54) is 4.90 Å². The first kappa shape index (κ1) is 22.3. The van der Waals surface area contributed by atoms with Crippen molar-refractivity contribution in [1.82, 2.24) is 0 Å². The molecule has 2 amide bonds. The van der Waals surface area contributed by atoms with E-state index < -0.39 is 0 Å². The topological polar surface area (TPSA) is 58.6 Å². The predicted molar refractivity (Wildman–Crippen MR) is 132 cm³/mol. The lowest BCUT2D eigenvalue weighted by molar-refractivity contribution is -0.120. The minimum absolute atomic E-state index is 0.272. The van der Waals surface area contributed by atoms with Crippen molar-refractivity contribution in [1.29, 1.82) is 0 Å². The monoisotopic (exact) mass is 440 g/mol. The van der Waals surface area contributed by atoms with Crippen LogP contribution in [0.1, 0.15) is 34.7 Å². The first-order chi connectivity index (χ1) is 15.8. The van der Waals surface area contributed by atoms with Crippen molar-refractivity contribution in [3.63, 3.8) is 0 Å². The molecule has 1 aliphatic heterocycles. The third-order valence-electron chi connectivity index (χ3n) is 6.04. The smallest absolute Gasteiger partial charge is 0.282 e. The molecule has 0 fully saturated rings. The first-order valence-electron chi connectivity index (χ1n) is 11.1. The van der Waals surface area contributed by atoms with E-state index in [0.717, 1.165) is 27.9 Å². The van der Waals surface area contributed by atoms with Gasteiger partial charge in [-0.25, -0.2) is 4.90 Å². The van der Waals surface area contributed by atoms with E-state index in [-0.39, 0.29) is 17.5 Å². The van der Waals surface area contributed by atoms with Gasteiger partial charge in [0.2, 0.25) is 0 Å². The van der Waals surface area contributed by atoms with Gasteiger partial charge in [0.25, 0.3) is 11.8 Å². The lowest BCUT2D eigenvalue weighted by atomic mass is 9.99. The number of nitrogens with one attached hydrogen (secondary N) is 1. The number of hydrogen-bond acceptors (Lipinski definition) is 4. The summed E-state index contributed by atoms with van der Waals surface area (Å²) in [6, 6.07) is 18.8. The Balaban J connectivity index is 1.82. The number of ether oxygens (including phenoxy) is 1. The van der Waals surface area contributed by atoms with Crippen LogP contribution in [0.25, 0.3) is 5.57 Å². The summed E-state index contributed by atoms with van der Waals surface area (Å²) in [6.45, 7) is 10.5. The third kappa shape index (κ3) is 4.27. The number of carbonyl (C=O) groups is 2. The van der Waals surface area contributed by atoms with Crippen LogP contribution in [0.3, 0.4) is 0 Å². The van der Waals surface area contributed by atoms with Crippen molar-refractivity contribution in [2.75, 3.05) is 16.8 Å². The van der Waals surface area contributed by atoms with Gasteiger partial charge >= 0.3 is 0 Å². The molecule has 0 saturated heterocycles. The van der Waals surface area contributed by atoms with Gasteiger partial charge in [-0.15, -0.1) is 0 Å². The lowest BCUT2D eigenvalue weighted by Gasteiger charge is -2.16. The van der Waals surface area contributed by atoms with Crippen LogP contribution in [0.5, 0.6) is 5.75 Å². The second-order valence-electron chi connectivity index (χ2n) is 8.35. The Morgan fingerprint density at radius 2 is 1.48 bits per heavy atom. The number of amides is 2. The zero-order chi connectivity index (χ0) is 23.7. The van der Waals surface area contributed by atoms with Crippen molar-refractivity contribution >= 4 is 28.8 Å². The molecule has 0 bridgehead atoms. The van der Waals surface area contributed by atoms with E-state index in [4.69, 9.17) is 4.74 Å². The molecule has 4 rings (SSSR count). The van der Waals surface area contributed by atoms with Crippen LogP contribution in [0.2, 0.25) is 0 Å². The van der Waals surface area contributed by atoms with Gasteiger partial charge < -0.3 is 10.1 Å². The summed E-state index contributed by atoms with van der Waals surface area (Å²) in [5.41, 5.74) is 7.04. The number of carbonyl (C=O) groups excluding carboxylic acids is 2. The molecule has 0 saturated carbocycles. The quantitative estimate of drug-likeness (QED) is 0.499. The van der Waals surface area contributed by atoms with Crippen molar-refractivity contribution < 1.29 is 14.3 Å². The van der Waals surface area contributed by atoms with Gasteiger partial charge in [-0.3, -0.25) is 9.59 Å². The molecule has 3 aromatic carbocycles. The standard InChI is InChI=1S/C28H28N2O3/c1-6-33-24-9-7-8-23(16-24)30-27(31)25(21-12-10-17(2)19(4)14-21)26(28(30)32)29-22-13-11-18(3)20(5)15-22/h7-16,29H,6H2,1-5H3. The Bertz CT molecular complexity index is 1290. The lowest BCUT2D eigenvalue weighted by Crippen LogP contribution is -2.32. The van der Waals surface area contributed by atoms with Gasteiger partial charge in [0.1, 0.15) is 11.4 Å². The van der Waals surface area contributed by atoms with E-state index >= 15 is 0 Å². The number of imide groups is 1. The highest BCUT2D eigenvalue weighted by molar-refractivity contribution is 6.46. The Hall–Kier alpha value is -3.86. The molecule has 1 heterocycles. The average molecular weight is 441 g/mol. The van der Waals surface area contributed by atoms with Gasteiger partial charge in [-0.1, -0.05) is 30.3 Å². The molecule has 3 aromatic rings. The molecule has 0 spiro atoms. The zero-order valence-electron chi connectivity index (χ0n) is 19.7. The van der Waals surface area contributed by atoms with Crippen molar-refractivity contribution in [2.24, 2.45) is 0 Å². The van der Waals surface area contributed by atoms with Crippen LogP contribution in [0.4, 0.5) is 11.4 Å². The van der Waals surface area contributed by atoms with Crippen molar-refractivity contribution in [3.8, 4) is 5.75 Å². The first-order valence-corrected chi connectivity index (χ1v) is 11.1. The van der Waals surface area contributed by atoms with Gasteiger partial charge in [0, 0.05) is 11.8 Å². The highest BCUT2D eigenvalue weighted by Gasteiger charge is 2.40. The zero-order valence-corrected chi connectivity index (χ0v) is 19.7. The van der Waals surface area contributed by atoms with Crippen LogP contribution < -0.4 is 15.0 Å². The van der Waals surface area contributed by atoms with E-state index in [2.05, 4.69) is 5.32 Å². The fraction of sp³-hybridized carbons (Fsp3) is 0.214. The fourth-order valence-electron chi connectivity index (χ4n) is 3.89. The second kappa shape index (κ2) is 8.94. The minimum atomic E-state index is -0.389. The number of aryl methyl sites for hydroxylation is 4. The van der Waals surface area contributed by atoms with E-state index in [1.807, 2.05) is 77.1 Å². The number of benzene rings is 3. The molecule has 0 unspecified atom stereocenters. The number of hydrogen-bond donors (Lipinski definition) is 1. The highest BCUT2D eigenvalue weighted by Crippen LogP contribution is 2.35.